The van der Waals surface area contributed by atoms with Crippen LogP contribution < -0.4 is 5.64 Å². The molecule has 0 spiro atoms. The Kier molecular flexibility index (Phi) is 2.73. The van der Waals surface area contributed by atoms with Crippen molar-refractivity contribution in [2.75, 3.05) is 0 Å². The van der Waals surface area contributed by atoms with Gasteiger partial charge in [-0.3, -0.25) is 5.21 Å². The van der Waals surface area contributed by atoms with Gasteiger partial charge in [0.1, 0.15) is 0 Å². The molecule has 0 atom stereocenters. The van der Waals surface area contributed by atoms with Gasteiger partial charge < -0.3 is 0 Å². The summed E-state index contributed by atoms with van der Waals surface area (Å²) in [4.78, 5) is 2.85. The van der Waals surface area contributed by atoms with E-state index in [9.17, 15) is 0 Å². The quantitative estimate of drug-likeness (QED) is 0.281. The third-order valence-electron chi connectivity index (χ3n) is 0.0408. The van der Waals surface area contributed by atoms with E-state index in [2.05, 4.69) is 4.99 Å². The molecule has 0 aliphatic rings. The molecule has 4 heteroatoms. The Morgan fingerprint density at radius 2 is 2.00 bits per heavy atom. The molecule has 0 fully saturated rings. The van der Waals surface area contributed by atoms with Crippen LogP contribution in [0.15, 0.2) is 0 Å². The molecule has 4 heavy (non-hydrogen) atoms. The molecule has 0 saturated carbocycles. The second-order valence-electron chi connectivity index (χ2n) is 0.183. The van der Waals surface area contributed by atoms with Gasteiger partial charge in [-0.05, 0) is 5.64 Å². The van der Waals surface area contributed by atoms with Crippen molar-refractivity contribution in [1.82, 2.24) is 5.64 Å². The fraction of sp³-hybridized carbons (Fsp3) is 0. The van der Waals surface area contributed by atoms with Crippen LogP contribution in [0.1, 0.15) is 0 Å². The zero-order valence-corrected chi connectivity index (χ0v) is 1.80. The molecule has 0 heterocycles. The average molecular weight is 65.0 g/mol. The molecule has 26 valence electrons. The van der Waals surface area contributed by atoms with Gasteiger partial charge in [-0.15, -0.1) is 4.99 Å². The largest absolute Gasteiger partial charge is 0.290 e. The first kappa shape index (κ1) is 3.84. The Labute approximate surface area is 22.5 Å². The molecule has 0 aromatic rings. The summed E-state index contributed by atoms with van der Waals surface area (Å²) in [6.45, 7) is 0. The van der Waals surface area contributed by atoms with Gasteiger partial charge in [0, 0.05) is 0 Å². The van der Waals surface area contributed by atoms with Crippen molar-refractivity contribution < 1.29 is 15.5 Å². The normalized spacial score (nSPS) is 7.50. The molecular weight excluding hydrogens is 62.0 g/mol. The average Bonchev–Trinajstić information content (AvgIpc) is 1.37. The lowest BCUT2D eigenvalue weighted by Gasteiger charge is -1.75. The highest BCUT2D eigenvalue weighted by molar-refractivity contribution is 3.19. The van der Waals surface area contributed by atoms with Crippen LogP contribution in [0.2, 0.25) is 0 Å². The molecule has 0 bridgehead atoms. The number of hydrogen-bond acceptors (Lipinski definition) is 4. The molecule has 0 radical (unpaired) electrons. The summed E-state index contributed by atoms with van der Waals surface area (Å²) in [5.41, 5.74) is 0.986. The number of nitrogens with one attached hydrogen (secondary N) is 1. The van der Waals surface area contributed by atoms with Crippen molar-refractivity contribution in [3.63, 3.8) is 0 Å². The van der Waals surface area contributed by atoms with E-state index in [1.807, 2.05) is 0 Å². The maximum atomic E-state index is 7.15. The van der Waals surface area contributed by atoms with Gasteiger partial charge in [0.15, 0.2) is 0 Å². The molecule has 0 aliphatic carbocycles. The first-order valence-electron chi connectivity index (χ1n) is 0.610. The molecule has 0 saturated heterocycles. The molecule has 4 nitrogen and oxygen atoms in total. The van der Waals surface area contributed by atoms with Gasteiger partial charge in [-0.25, -0.2) is 5.26 Å². The van der Waals surface area contributed by atoms with Crippen LogP contribution in [0.4, 0.5) is 0 Å². The smallest absolute Gasteiger partial charge is 0.0492 e. The van der Waals surface area contributed by atoms with Crippen LogP contribution in [0.5, 0.6) is 0 Å². The van der Waals surface area contributed by atoms with Crippen molar-refractivity contribution in [3.8, 4) is 0 Å². The van der Waals surface area contributed by atoms with Crippen LogP contribution in [-0.4, -0.2) is 10.5 Å². The van der Waals surface area contributed by atoms with E-state index >= 15 is 0 Å². The second-order valence-corrected chi connectivity index (χ2v) is 0.183. The SMILES string of the molecule is ONOO. The second kappa shape index (κ2) is 2.84. The Morgan fingerprint density at radius 3 is 2.00 bits per heavy atom. The van der Waals surface area contributed by atoms with E-state index in [4.69, 9.17) is 10.5 Å². The highest BCUT2D eigenvalue weighted by Gasteiger charge is 1.49. The van der Waals surface area contributed by atoms with Crippen LogP contribution in [0.25, 0.3) is 0 Å². The van der Waals surface area contributed by atoms with E-state index in [0.29, 0.717) is 0 Å². The van der Waals surface area contributed by atoms with Crippen molar-refractivity contribution in [2.24, 2.45) is 0 Å². The van der Waals surface area contributed by atoms with Crippen molar-refractivity contribution in [3.05, 3.63) is 0 Å². The van der Waals surface area contributed by atoms with E-state index in [1.165, 1.54) is 0 Å². The highest BCUT2D eigenvalue weighted by atomic mass is 17.2. The molecule has 0 unspecified atom stereocenters. The van der Waals surface area contributed by atoms with Crippen molar-refractivity contribution in [2.45, 2.75) is 0 Å². The van der Waals surface area contributed by atoms with Gasteiger partial charge in [0.25, 0.3) is 0 Å². The van der Waals surface area contributed by atoms with Gasteiger partial charge in [0.05, 0.1) is 0 Å². The Morgan fingerprint density at radius 1 is 1.75 bits per heavy atom. The first-order valence-corrected chi connectivity index (χ1v) is 0.610. The van der Waals surface area contributed by atoms with Crippen LogP contribution in [0.3, 0.4) is 0 Å². The Hall–Kier alpha value is -0.160. The molecule has 3 N–H and O–H groups in total. The fourth-order valence-electron chi connectivity index (χ4n) is 0. The minimum Gasteiger partial charge on any atom is -0.290 e. The van der Waals surface area contributed by atoms with Crippen molar-refractivity contribution in [1.29, 1.82) is 0 Å². The minimum atomic E-state index is 0.986. The van der Waals surface area contributed by atoms with E-state index in [1.54, 1.807) is 0 Å². The summed E-state index contributed by atoms with van der Waals surface area (Å²) in [5, 5.41) is 14.2. The maximum absolute atomic E-state index is 7.15. The summed E-state index contributed by atoms with van der Waals surface area (Å²) in [5.74, 6) is 0. The Bertz CT molecular complexity index is 5.25. The number of rotatable bonds is 1. The minimum absolute atomic E-state index is 0.986. The topological polar surface area (TPSA) is 61.7 Å². The number of hydrogen-bond donors (Lipinski definition) is 3. The lowest BCUT2D eigenvalue weighted by molar-refractivity contribution is -0.356. The standard InChI is InChI=1S/H3NO3/c2-1-4-3/h1-3H. The third-order valence-corrected chi connectivity index (χ3v) is 0.0408. The molecule has 0 aromatic carbocycles. The fourth-order valence-corrected chi connectivity index (χ4v) is 0. The molecule has 0 amide bonds. The predicted octanol–water partition coefficient (Wildman–Crippen LogP) is -0.630. The lowest BCUT2D eigenvalue weighted by Crippen LogP contribution is -2.02. The summed E-state index contributed by atoms with van der Waals surface area (Å²) in [6, 6.07) is 0. The highest BCUT2D eigenvalue weighted by Crippen LogP contribution is 1.29. The monoisotopic (exact) mass is 65.0 g/mol. The van der Waals surface area contributed by atoms with Crippen LogP contribution in [0, 0.1) is 0 Å². The lowest BCUT2D eigenvalue weighted by atomic mass is 13.2. The third kappa shape index (κ3) is 1.84. The van der Waals surface area contributed by atoms with Crippen LogP contribution in [-0.2, 0) is 4.99 Å². The van der Waals surface area contributed by atoms with E-state index < -0.39 is 0 Å². The van der Waals surface area contributed by atoms with Gasteiger partial charge in [0.2, 0.25) is 0 Å². The molecule has 0 rings (SSSR count). The van der Waals surface area contributed by atoms with E-state index in [0.717, 1.165) is 5.64 Å². The molecule has 0 aliphatic heterocycles. The van der Waals surface area contributed by atoms with Gasteiger partial charge >= 0.3 is 0 Å². The summed E-state index contributed by atoms with van der Waals surface area (Å²) in [6.07, 6.45) is 0. The molecular formula is H3NO3. The zero-order chi connectivity index (χ0) is 3.41. The summed E-state index contributed by atoms with van der Waals surface area (Å²) < 4.78 is 0. The van der Waals surface area contributed by atoms with Crippen molar-refractivity contribution >= 4 is 0 Å². The predicted molar refractivity (Wildman–Crippen MR) is 8.64 cm³/mol. The first-order chi connectivity index (χ1) is 1.91. The summed E-state index contributed by atoms with van der Waals surface area (Å²) >= 11 is 0. The Balaban J connectivity index is 1.97. The molecule has 0 aromatic heterocycles. The van der Waals surface area contributed by atoms with Gasteiger partial charge in [-0.2, -0.15) is 0 Å². The maximum Gasteiger partial charge on any atom is -0.0492 e. The van der Waals surface area contributed by atoms with Gasteiger partial charge in [-0.1, -0.05) is 0 Å². The zero-order valence-electron chi connectivity index (χ0n) is 1.80. The van der Waals surface area contributed by atoms with E-state index in [-0.39, 0.29) is 0 Å². The van der Waals surface area contributed by atoms with Crippen LogP contribution >= 0.6 is 0 Å². The summed E-state index contributed by atoms with van der Waals surface area (Å²) in [7, 11) is 0.